The Balaban J connectivity index is 1.59. The van der Waals surface area contributed by atoms with Gasteiger partial charge in [0.1, 0.15) is 0 Å². The molecule has 110 valence electrons. The van der Waals surface area contributed by atoms with E-state index in [2.05, 4.69) is 43.3 Å². The van der Waals surface area contributed by atoms with Gasteiger partial charge in [-0.05, 0) is 59.1 Å². The Morgan fingerprint density at radius 3 is 2.52 bits per heavy atom. The number of nitrogens with zero attached hydrogens (tertiary/aromatic N) is 2. The smallest absolute Gasteiger partial charge is 0.0487 e. The van der Waals surface area contributed by atoms with Gasteiger partial charge in [0.2, 0.25) is 0 Å². The van der Waals surface area contributed by atoms with E-state index in [4.69, 9.17) is 11.6 Å². The zero-order valence-electron chi connectivity index (χ0n) is 11.6. The van der Waals surface area contributed by atoms with Gasteiger partial charge in [-0.25, -0.2) is 0 Å². The van der Waals surface area contributed by atoms with Crippen molar-refractivity contribution in [2.24, 2.45) is 0 Å². The van der Waals surface area contributed by atoms with Crippen LogP contribution in [0.15, 0.2) is 47.2 Å². The monoisotopic (exact) mass is 365 g/mol. The molecule has 0 unspecified atom stereocenters. The molecule has 1 aromatic heterocycles. The molecule has 2 aromatic rings. The molecule has 1 saturated heterocycles. The summed E-state index contributed by atoms with van der Waals surface area (Å²) in [5.41, 5.74) is 2.37. The minimum atomic E-state index is 0.501. The lowest BCUT2D eigenvalue weighted by Gasteiger charge is -2.34. The van der Waals surface area contributed by atoms with Crippen LogP contribution in [0.25, 0.3) is 0 Å². The Bertz CT molecular complexity index is 598. The maximum absolute atomic E-state index is 5.98. The molecule has 3 rings (SSSR count). The Kier molecular flexibility index (Phi) is 4.66. The molecule has 0 bridgehead atoms. The lowest BCUT2D eigenvalue weighted by Crippen LogP contribution is -2.39. The topological polar surface area (TPSA) is 28.2 Å². The van der Waals surface area contributed by atoms with Crippen LogP contribution in [-0.2, 0) is 0 Å². The van der Waals surface area contributed by atoms with Gasteiger partial charge in [0.05, 0.1) is 0 Å². The second-order valence-corrected chi connectivity index (χ2v) is 6.53. The highest BCUT2D eigenvalue weighted by Gasteiger charge is 2.19. The molecular formula is C16H17BrClN3. The van der Waals surface area contributed by atoms with E-state index >= 15 is 0 Å². The Labute approximate surface area is 138 Å². The van der Waals surface area contributed by atoms with Gasteiger partial charge in [-0.1, -0.05) is 11.6 Å². The summed E-state index contributed by atoms with van der Waals surface area (Å²) in [7, 11) is 0. The van der Waals surface area contributed by atoms with Crippen LogP contribution in [0, 0.1) is 0 Å². The third-order valence-electron chi connectivity index (χ3n) is 3.81. The summed E-state index contributed by atoms with van der Waals surface area (Å²) < 4.78 is 1.02. The summed E-state index contributed by atoms with van der Waals surface area (Å²) in [5, 5.41) is 4.35. The van der Waals surface area contributed by atoms with Crippen LogP contribution in [0.5, 0.6) is 0 Å². The molecule has 5 heteroatoms. The molecule has 1 aromatic carbocycles. The number of pyridine rings is 1. The molecule has 1 aliphatic rings. The molecule has 0 spiro atoms. The third kappa shape index (κ3) is 3.69. The van der Waals surface area contributed by atoms with E-state index in [1.807, 2.05) is 30.6 Å². The standard InChI is InChI=1S/C16H17BrClN3/c17-15-11-12(18)1-2-16(15)20-13-5-9-21(10-6-13)14-3-7-19-8-4-14/h1-4,7-8,11,13,20H,5-6,9-10H2. The molecule has 0 aliphatic carbocycles. The van der Waals surface area contributed by atoms with Crippen molar-refractivity contribution in [3.63, 3.8) is 0 Å². The number of halogens is 2. The molecular weight excluding hydrogens is 350 g/mol. The second-order valence-electron chi connectivity index (χ2n) is 5.24. The van der Waals surface area contributed by atoms with Crippen molar-refractivity contribution in [2.45, 2.75) is 18.9 Å². The summed E-state index contributed by atoms with van der Waals surface area (Å²) in [6, 6.07) is 10.5. The molecule has 0 amide bonds. The maximum Gasteiger partial charge on any atom is 0.0487 e. The highest BCUT2D eigenvalue weighted by molar-refractivity contribution is 9.10. The average Bonchev–Trinajstić information content (AvgIpc) is 2.52. The van der Waals surface area contributed by atoms with Crippen LogP contribution in [0.4, 0.5) is 11.4 Å². The van der Waals surface area contributed by atoms with Crippen LogP contribution in [0.1, 0.15) is 12.8 Å². The first-order valence-electron chi connectivity index (χ1n) is 7.09. The molecule has 1 aliphatic heterocycles. The Hall–Kier alpha value is -1.26. The average molecular weight is 367 g/mol. The van der Waals surface area contributed by atoms with E-state index in [0.717, 1.165) is 41.1 Å². The largest absolute Gasteiger partial charge is 0.381 e. The van der Waals surface area contributed by atoms with Crippen molar-refractivity contribution >= 4 is 38.9 Å². The quantitative estimate of drug-likeness (QED) is 0.862. The van der Waals surface area contributed by atoms with Crippen molar-refractivity contribution in [1.29, 1.82) is 0 Å². The van der Waals surface area contributed by atoms with Crippen LogP contribution in [0.2, 0.25) is 5.02 Å². The van der Waals surface area contributed by atoms with Crippen LogP contribution in [-0.4, -0.2) is 24.1 Å². The van der Waals surface area contributed by atoms with E-state index in [9.17, 15) is 0 Å². The van der Waals surface area contributed by atoms with Gasteiger partial charge in [-0.3, -0.25) is 4.98 Å². The number of benzene rings is 1. The van der Waals surface area contributed by atoms with Gasteiger partial charge in [-0.15, -0.1) is 0 Å². The lowest BCUT2D eigenvalue weighted by molar-refractivity contribution is 0.526. The second kappa shape index (κ2) is 6.67. The van der Waals surface area contributed by atoms with E-state index in [0.29, 0.717) is 6.04 Å². The van der Waals surface area contributed by atoms with Gasteiger partial charge >= 0.3 is 0 Å². The first-order chi connectivity index (χ1) is 10.2. The van der Waals surface area contributed by atoms with Crippen LogP contribution in [0.3, 0.4) is 0 Å². The number of hydrogen-bond donors (Lipinski definition) is 1. The number of rotatable bonds is 3. The van der Waals surface area contributed by atoms with Gasteiger partial charge in [0.15, 0.2) is 0 Å². The summed E-state index contributed by atoms with van der Waals surface area (Å²) in [5.74, 6) is 0. The van der Waals surface area contributed by atoms with Gasteiger partial charge in [0, 0.05) is 52.4 Å². The highest BCUT2D eigenvalue weighted by atomic mass is 79.9. The molecule has 1 N–H and O–H groups in total. The minimum absolute atomic E-state index is 0.501. The first-order valence-corrected chi connectivity index (χ1v) is 8.26. The fourth-order valence-corrected chi connectivity index (χ4v) is 3.46. The number of hydrogen-bond acceptors (Lipinski definition) is 3. The Morgan fingerprint density at radius 2 is 1.86 bits per heavy atom. The molecule has 0 radical (unpaired) electrons. The zero-order valence-corrected chi connectivity index (χ0v) is 13.9. The minimum Gasteiger partial charge on any atom is -0.381 e. The summed E-state index contributed by atoms with van der Waals surface area (Å²) >= 11 is 9.54. The van der Waals surface area contributed by atoms with E-state index in [1.165, 1.54) is 5.69 Å². The van der Waals surface area contributed by atoms with Crippen LogP contribution < -0.4 is 10.2 Å². The van der Waals surface area contributed by atoms with Crippen LogP contribution >= 0.6 is 27.5 Å². The summed E-state index contributed by atoms with van der Waals surface area (Å²) in [6.45, 7) is 2.12. The van der Waals surface area contributed by atoms with Crippen molar-refractivity contribution in [1.82, 2.24) is 4.98 Å². The molecule has 0 saturated carbocycles. The van der Waals surface area contributed by atoms with Gasteiger partial charge in [-0.2, -0.15) is 0 Å². The fraction of sp³-hybridized carbons (Fsp3) is 0.312. The zero-order chi connectivity index (χ0) is 14.7. The number of piperidine rings is 1. The predicted octanol–water partition coefficient (Wildman–Crippen LogP) is 4.58. The molecule has 21 heavy (non-hydrogen) atoms. The summed E-state index contributed by atoms with van der Waals surface area (Å²) in [4.78, 5) is 6.49. The van der Waals surface area contributed by atoms with Crippen molar-refractivity contribution in [3.8, 4) is 0 Å². The highest BCUT2D eigenvalue weighted by Crippen LogP contribution is 2.28. The van der Waals surface area contributed by atoms with Crippen molar-refractivity contribution in [3.05, 3.63) is 52.2 Å². The predicted molar refractivity (Wildman–Crippen MR) is 92.2 cm³/mol. The molecule has 1 fully saturated rings. The Morgan fingerprint density at radius 1 is 1.14 bits per heavy atom. The number of anilines is 2. The number of nitrogens with one attached hydrogen (secondary N) is 1. The first kappa shape index (κ1) is 14.7. The third-order valence-corrected chi connectivity index (χ3v) is 4.70. The molecule has 3 nitrogen and oxygen atoms in total. The molecule has 2 heterocycles. The van der Waals surface area contributed by atoms with E-state index < -0.39 is 0 Å². The summed E-state index contributed by atoms with van der Waals surface area (Å²) in [6.07, 6.45) is 5.95. The fourth-order valence-electron chi connectivity index (χ4n) is 2.66. The van der Waals surface area contributed by atoms with E-state index in [1.54, 1.807) is 0 Å². The maximum atomic E-state index is 5.98. The SMILES string of the molecule is Clc1ccc(NC2CCN(c3ccncc3)CC2)c(Br)c1. The van der Waals surface area contributed by atoms with Gasteiger partial charge in [0.25, 0.3) is 0 Å². The van der Waals surface area contributed by atoms with Crippen molar-refractivity contribution < 1.29 is 0 Å². The molecule has 0 atom stereocenters. The van der Waals surface area contributed by atoms with Gasteiger partial charge < -0.3 is 10.2 Å². The lowest BCUT2D eigenvalue weighted by atomic mass is 10.0. The normalized spacial score (nSPS) is 16.0. The number of aromatic nitrogens is 1. The van der Waals surface area contributed by atoms with E-state index in [-0.39, 0.29) is 0 Å². The van der Waals surface area contributed by atoms with Crippen molar-refractivity contribution in [2.75, 3.05) is 23.3 Å².